The Morgan fingerprint density at radius 2 is 2.10 bits per heavy atom. The SMILES string of the molecule is Cc1cc(Cl)ccc1C(=O)NS(=O)(=O)/C=C/c1ccsc1. The van der Waals surface area contributed by atoms with Crippen molar-refractivity contribution in [3.05, 3.63) is 62.1 Å². The molecule has 7 heteroatoms. The maximum absolute atomic E-state index is 12.0. The topological polar surface area (TPSA) is 63.2 Å². The molecule has 2 rings (SSSR count). The number of amides is 1. The van der Waals surface area contributed by atoms with Gasteiger partial charge in [0.2, 0.25) is 0 Å². The molecule has 0 bridgehead atoms. The van der Waals surface area contributed by atoms with Gasteiger partial charge in [-0.3, -0.25) is 4.79 Å². The molecule has 1 N–H and O–H groups in total. The molecule has 0 saturated carbocycles. The second-order valence-electron chi connectivity index (χ2n) is 4.29. The van der Waals surface area contributed by atoms with Crippen molar-refractivity contribution >= 4 is 44.9 Å². The largest absolute Gasteiger partial charge is 0.268 e. The van der Waals surface area contributed by atoms with Crippen molar-refractivity contribution < 1.29 is 13.2 Å². The van der Waals surface area contributed by atoms with E-state index in [2.05, 4.69) is 0 Å². The number of rotatable bonds is 4. The predicted octanol–water partition coefficient (Wildman–Crippen LogP) is 3.44. The minimum absolute atomic E-state index is 0.270. The zero-order valence-corrected chi connectivity index (χ0v) is 13.4. The Balaban J connectivity index is 2.14. The summed E-state index contributed by atoms with van der Waals surface area (Å²) in [7, 11) is -3.84. The third-order valence-electron chi connectivity index (χ3n) is 2.65. The summed E-state index contributed by atoms with van der Waals surface area (Å²) in [6, 6.07) is 6.41. The van der Waals surface area contributed by atoms with E-state index in [0.717, 1.165) is 11.0 Å². The highest BCUT2D eigenvalue weighted by Gasteiger charge is 2.15. The molecule has 0 atom stereocenters. The van der Waals surface area contributed by atoms with E-state index in [0.29, 0.717) is 10.6 Å². The van der Waals surface area contributed by atoms with Gasteiger partial charge in [0.15, 0.2) is 0 Å². The van der Waals surface area contributed by atoms with Gasteiger partial charge in [-0.15, -0.1) is 0 Å². The minimum Gasteiger partial charge on any atom is -0.268 e. The summed E-state index contributed by atoms with van der Waals surface area (Å²) in [5.74, 6) is -0.681. The van der Waals surface area contributed by atoms with Gasteiger partial charge in [0.1, 0.15) is 0 Å². The number of thiophene rings is 1. The van der Waals surface area contributed by atoms with Crippen molar-refractivity contribution in [1.82, 2.24) is 4.72 Å². The number of benzene rings is 1. The fourth-order valence-electron chi connectivity index (χ4n) is 1.64. The van der Waals surface area contributed by atoms with E-state index in [1.807, 2.05) is 10.1 Å². The Labute approximate surface area is 132 Å². The number of hydrogen-bond donors (Lipinski definition) is 1. The Morgan fingerprint density at radius 1 is 1.33 bits per heavy atom. The first-order chi connectivity index (χ1) is 9.87. The number of hydrogen-bond acceptors (Lipinski definition) is 4. The number of aryl methyl sites for hydroxylation is 1. The molecular weight excluding hydrogens is 330 g/mol. The van der Waals surface area contributed by atoms with Crippen LogP contribution in [0.25, 0.3) is 6.08 Å². The van der Waals surface area contributed by atoms with Gasteiger partial charge in [0.05, 0.1) is 5.41 Å². The van der Waals surface area contributed by atoms with E-state index in [1.165, 1.54) is 29.5 Å². The second-order valence-corrected chi connectivity index (χ2v) is 7.08. The Kier molecular flexibility index (Phi) is 4.82. The molecule has 4 nitrogen and oxygen atoms in total. The summed E-state index contributed by atoms with van der Waals surface area (Å²) >= 11 is 7.26. The van der Waals surface area contributed by atoms with E-state index in [4.69, 9.17) is 11.6 Å². The third-order valence-corrected chi connectivity index (χ3v) is 4.55. The normalized spacial score (nSPS) is 11.7. The molecule has 0 unspecified atom stereocenters. The van der Waals surface area contributed by atoms with Crippen LogP contribution in [0.4, 0.5) is 0 Å². The zero-order chi connectivity index (χ0) is 15.5. The van der Waals surface area contributed by atoms with Crippen molar-refractivity contribution in [3.63, 3.8) is 0 Å². The lowest BCUT2D eigenvalue weighted by atomic mass is 10.1. The van der Waals surface area contributed by atoms with Gasteiger partial charge in [-0.05, 0) is 59.2 Å². The molecule has 0 aliphatic heterocycles. The maximum atomic E-state index is 12.0. The number of nitrogens with one attached hydrogen (secondary N) is 1. The van der Waals surface area contributed by atoms with E-state index >= 15 is 0 Å². The average molecular weight is 342 g/mol. The van der Waals surface area contributed by atoms with Gasteiger partial charge in [-0.2, -0.15) is 11.3 Å². The first-order valence-corrected chi connectivity index (χ1v) is 8.78. The van der Waals surface area contributed by atoms with Crippen molar-refractivity contribution in [3.8, 4) is 0 Å². The van der Waals surface area contributed by atoms with Crippen molar-refractivity contribution in [2.75, 3.05) is 0 Å². The van der Waals surface area contributed by atoms with Crippen LogP contribution in [-0.4, -0.2) is 14.3 Å². The molecule has 0 radical (unpaired) electrons. The van der Waals surface area contributed by atoms with Gasteiger partial charge < -0.3 is 0 Å². The summed E-state index contributed by atoms with van der Waals surface area (Å²) in [5, 5.41) is 5.10. The highest BCUT2D eigenvalue weighted by molar-refractivity contribution is 7.93. The van der Waals surface area contributed by atoms with Gasteiger partial charge in [0, 0.05) is 10.6 Å². The highest BCUT2D eigenvalue weighted by Crippen LogP contribution is 2.15. The van der Waals surface area contributed by atoms with Gasteiger partial charge in [0.25, 0.3) is 15.9 Å². The van der Waals surface area contributed by atoms with E-state index in [-0.39, 0.29) is 5.56 Å². The monoisotopic (exact) mass is 341 g/mol. The van der Waals surface area contributed by atoms with Gasteiger partial charge in [-0.1, -0.05) is 11.6 Å². The molecule has 0 aliphatic carbocycles. The first-order valence-electron chi connectivity index (χ1n) is 5.91. The van der Waals surface area contributed by atoms with Crippen LogP contribution in [0.1, 0.15) is 21.5 Å². The van der Waals surface area contributed by atoms with Crippen molar-refractivity contribution in [2.45, 2.75) is 6.92 Å². The molecule has 1 amide bonds. The number of halogens is 1. The van der Waals surface area contributed by atoms with Crippen LogP contribution in [-0.2, 0) is 10.0 Å². The summed E-state index contributed by atoms with van der Waals surface area (Å²) < 4.78 is 25.7. The number of sulfonamides is 1. The highest BCUT2D eigenvalue weighted by atomic mass is 35.5. The molecule has 0 aliphatic rings. The first kappa shape index (κ1) is 15.8. The smallest absolute Gasteiger partial charge is 0.265 e. The fourth-order valence-corrected chi connectivity index (χ4v) is 3.27. The van der Waals surface area contributed by atoms with E-state index in [9.17, 15) is 13.2 Å². The van der Waals surface area contributed by atoms with Crippen LogP contribution in [0.5, 0.6) is 0 Å². The molecule has 0 saturated heterocycles. The molecule has 21 heavy (non-hydrogen) atoms. The molecule has 1 heterocycles. The minimum atomic E-state index is -3.84. The molecule has 0 fully saturated rings. The number of carbonyl (C=O) groups excluding carboxylic acids is 1. The standard InChI is InChI=1S/C14H12ClNO3S2/c1-10-8-12(15)2-3-13(10)14(17)16-21(18,19)7-5-11-4-6-20-9-11/h2-9H,1H3,(H,16,17)/b7-5+. The third kappa shape index (κ3) is 4.42. The quantitative estimate of drug-likeness (QED) is 0.926. The average Bonchev–Trinajstić information content (AvgIpc) is 2.88. The summed E-state index contributed by atoms with van der Waals surface area (Å²) in [4.78, 5) is 12.0. The van der Waals surface area contributed by atoms with Crippen LogP contribution in [0.3, 0.4) is 0 Å². The number of carbonyl (C=O) groups is 1. The lowest BCUT2D eigenvalue weighted by Crippen LogP contribution is -2.29. The van der Waals surface area contributed by atoms with Gasteiger partial charge in [-0.25, -0.2) is 13.1 Å². The van der Waals surface area contributed by atoms with E-state index in [1.54, 1.807) is 24.4 Å². The lowest BCUT2D eigenvalue weighted by molar-refractivity contribution is 0.0981. The zero-order valence-electron chi connectivity index (χ0n) is 11.0. The molecule has 0 spiro atoms. The van der Waals surface area contributed by atoms with Crippen LogP contribution in [0.15, 0.2) is 40.4 Å². The fraction of sp³-hybridized carbons (Fsp3) is 0.0714. The molecular formula is C14H12ClNO3S2. The lowest BCUT2D eigenvalue weighted by Gasteiger charge is -2.06. The Morgan fingerprint density at radius 3 is 2.71 bits per heavy atom. The van der Waals surface area contributed by atoms with Crippen LogP contribution in [0.2, 0.25) is 5.02 Å². The maximum Gasteiger partial charge on any atom is 0.265 e. The van der Waals surface area contributed by atoms with Crippen LogP contribution in [0, 0.1) is 6.92 Å². The summed E-state index contributed by atoms with van der Waals surface area (Å²) in [5.41, 5.74) is 1.64. The molecule has 110 valence electrons. The predicted molar refractivity (Wildman–Crippen MR) is 85.9 cm³/mol. The van der Waals surface area contributed by atoms with Crippen LogP contribution >= 0.6 is 22.9 Å². The summed E-state index contributed by atoms with van der Waals surface area (Å²) in [6.45, 7) is 1.69. The Bertz CT molecular complexity index is 781. The molecule has 1 aromatic carbocycles. The van der Waals surface area contributed by atoms with Crippen LogP contribution < -0.4 is 4.72 Å². The molecule has 2 aromatic rings. The van der Waals surface area contributed by atoms with Gasteiger partial charge >= 0.3 is 0 Å². The summed E-state index contributed by atoms with van der Waals surface area (Å²) in [6.07, 6.45) is 1.43. The Hall–Kier alpha value is -1.63. The van der Waals surface area contributed by atoms with Crippen molar-refractivity contribution in [2.24, 2.45) is 0 Å². The van der Waals surface area contributed by atoms with E-state index < -0.39 is 15.9 Å². The molecule has 1 aromatic heterocycles. The van der Waals surface area contributed by atoms with Crippen molar-refractivity contribution in [1.29, 1.82) is 0 Å². The second kappa shape index (κ2) is 6.43.